The Morgan fingerprint density at radius 3 is 2.14 bits per heavy atom. The van der Waals surface area contributed by atoms with Gasteiger partial charge in [-0.05, 0) is 49.9 Å². The van der Waals surface area contributed by atoms with Crippen LogP contribution in [-0.2, 0) is 14.3 Å². The van der Waals surface area contributed by atoms with Crippen molar-refractivity contribution in [3.8, 4) is 5.75 Å². The second kappa shape index (κ2) is 9.91. The number of hydrogen-bond donors (Lipinski definition) is 1. The molecule has 0 heterocycles. The number of nitrogens with two attached hydrogens (primary N) is 1. The van der Waals surface area contributed by atoms with Gasteiger partial charge in [-0.15, -0.1) is 0 Å². The third-order valence-electron chi connectivity index (χ3n) is 3.69. The lowest BCUT2D eigenvalue weighted by molar-refractivity contribution is -0.136. The lowest BCUT2D eigenvalue weighted by Gasteiger charge is -2.27. The van der Waals surface area contributed by atoms with Gasteiger partial charge < -0.3 is 19.9 Å². The van der Waals surface area contributed by atoms with Gasteiger partial charge in [-0.1, -0.05) is 36.4 Å². The molecule has 8 heteroatoms. The van der Waals surface area contributed by atoms with Crippen LogP contribution in [-0.4, -0.2) is 34.8 Å². The van der Waals surface area contributed by atoms with Crippen LogP contribution in [0.5, 0.6) is 5.75 Å². The van der Waals surface area contributed by atoms with E-state index in [1.807, 2.05) is 0 Å². The Morgan fingerprint density at radius 2 is 1.54 bits per heavy atom. The van der Waals surface area contributed by atoms with Crippen molar-refractivity contribution in [3.63, 3.8) is 0 Å². The lowest BCUT2D eigenvalue weighted by atomic mass is 10.0. The molecule has 0 spiro atoms. The number of para-hydroxylation sites is 1. The topological polar surface area (TPSA) is 105 Å². The largest absolute Gasteiger partial charge is 0.425 e. The van der Waals surface area contributed by atoms with E-state index >= 15 is 0 Å². The number of ether oxygens (including phenoxy) is 3. The third kappa shape index (κ3) is 6.40. The molecule has 0 aliphatic heterocycles. The first-order valence-electron chi connectivity index (χ1n) is 8.40. The van der Waals surface area contributed by atoms with Gasteiger partial charge in [0.15, 0.2) is 0 Å². The predicted molar refractivity (Wildman–Crippen MR) is 105 cm³/mol. The fourth-order valence-corrected chi connectivity index (χ4v) is 2.81. The minimum Gasteiger partial charge on any atom is -0.425 e. The summed E-state index contributed by atoms with van der Waals surface area (Å²) in [5.74, 6) is -0.924. The molecule has 7 nitrogen and oxygen atoms in total. The molecule has 0 amide bonds. The number of carbonyl (C=O) groups excluding carboxylic acids is 3. The van der Waals surface area contributed by atoms with Crippen molar-refractivity contribution in [1.29, 1.82) is 0 Å². The van der Waals surface area contributed by atoms with E-state index in [4.69, 9.17) is 19.9 Å². The van der Waals surface area contributed by atoms with E-state index < -0.39 is 34.8 Å². The molecule has 2 N–H and O–H groups in total. The maximum atomic E-state index is 12.2. The van der Waals surface area contributed by atoms with Crippen LogP contribution in [0.25, 0.3) is 0 Å². The standard InChI is InChI=1S/C20H21NO6S/c1-20(2,16(21)18(23)27-15-11-7-4-8-12-15)28-19(24)26-13-25-17(22)14-9-5-3-6-10-14/h3-12,16H,13,21H2,1-2H3/t16-/m0/s1. The van der Waals surface area contributed by atoms with E-state index in [9.17, 15) is 14.4 Å². The van der Waals surface area contributed by atoms with Gasteiger partial charge in [0.1, 0.15) is 11.8 Å². The molecule has 0 radical (unpaired) electrons. The lowest BCUT2D eigenvalue weighted by Crippen LogP contribution is -2.49. The summed E-state index contributed by atoms with van der Waals surface area (Å²) >= 11 is 0.718. The molecule has 0 saturated carbocycles. The fraction of sp³-hybridized carbons (Fsp3) is 0.250. The van der Waals surface area contributed by atoms with E-state index in [-0.39, 0.29) is 0 Å². The second-order valence-electron chi connectivity index (χ2n) is 6.23. The fourth-order valence-electron chi connectivity index (χ4n) is 2.05. The second-order valence-corrected chi connectivity index (χ2v) is 7.82. The van der Waals surface area contributed by atoms with Crippen molar-refractivity contribution >= 4 is 29.0 Å². The molecular formula is C20H21NO6S. The number of benzene rings is 2. The van der Waals surface area contributed by atoms with Crippen molar-refractivity contribution in [1.82, 2.24) is 0 Å². The zero-order valence-corrected chi connectivity index (χ0v) is 16.3. The maximum absolute atomic E-state index is 12.2. The van der Waals surface area contributed by atoms with Crippen LogP contribution in [0, 0.1) is 0 Å². The molecule has 2 aromatic carbocycles. The summed E-state index contributed by atoms with van der Waals surface area (Å²) in [6, 6.07) is 15.7. The zero-order chi connectivity index (χ0) is 20.6. The average Bonchev–Trinajstić information content (AvgIpc) is 2.68. The highest BCUT2D eigenvalue weighted by molar-refractivity contribution is 8.14. The molecular weight excluding hydrogens is 382 g/mol. The van der Waals surface area contributed by atoms with E-state index in [0.717, 1.165) is 11.8 Å². The summed E-state index contributed by atoms with van der Waals surface area (Å²) in [6.07, 6.45) is 0. The first-order chi connectivity index (χ1) is 13.3. The van der Waals surface area contributed by atoms with E-state index in [2.05, 4.69) is 0 Å². The summed E-state index contributed by atoms with van der Waals surface area (Å²) in [5.41, 5.74) is 6.30. The maximum Gasteiger partial charge on any atom is 0.370 e. The molecule has 2 rings (SSSR count). The molecule has 0 aliphatic carbocycles. The molecule has 1 atom stereocenters. The van der Waals surface area contributed by atoms with Gasteiger partial charge >= 0.3 is 17.2 Å². The quantitative estimate of drug-likeness (QED) is 0.426. The third-order valence-corrected chi connectivity index (χ3v) is 4.75. The average molecular weight is 403 g/mol. The summed E-state index contributed by atoms with van der Waals surface area (Å²) in [6.45, 7) is 2.69. The van der Waals surface area contributed by atoms with Crippen LogP contribution in [0.1, 0.15) is 24.2 Å². The van der Waals surface area contributed by atoms with Gasteiger partial charge in [0.05, 0.1) is 5.56 Å². The molecule has 0 aromatic heterocycles. The number of hydrogen-bond acceptors (Lipinski definition) is 8. The van der Waals surface area contributed by atoms with Crippen LogP contribution >= 0.6 is 11.8 Å². The van der Waals surface area contributed by atoms with Crippen molar-refractivity contribution in [3.05, 3.63) is 66.2 Å². The Hall–Kier alpha value is -2.84. The van der Waals surface area contributed by atoms with Crippen LogP contribution in [0.3, 0.4) is 0 Å². The molecule has 0 saturated heterocycles. The van der Waals surface area contributed by atoms with Crippen LogP contribution in [0.4, 0.5) is 4.79 Å². The van der Waals surface area contributed by atoms with Crippen LogP contribution in [0.2, 0.25) is 0 Å². The minimum atomic E-state index is -1.09. The number of thioether (sulfide) groups is 1. The van der Waals surface area contributed by atoms with E-state index in [1.165, 1.54) is 0 Å². The van der Waals surface area contributed by atoms with Gasteiger partial charge in [-0.25, -0.2) is 14.4 Å². The molecule has 0 aliphatic rings. The monoisotopic (exact) mass is 403 g/mol. The number of carbonyl (C=O) groups is 3. The van der Waals surface area contributed by atoms with Crippen LogP contribution in [0.15, 0.2) is 60.7 Å². The van der Waals surface area contributed by atoms with E-state index in [1.54, 1.807) is 74.5 Å². The summed E-state index contributed by atoms with van der Waals surface area (Å²) in [4.78, 5) is 36.0. The smallest absolute Gasteiger partial charge is 0.370 e. The van der Waals surface area contributed by atoms with Gasteiger partial charge in [0.2, 0.25) is 6.79 Å². The SMILES string of the molecule is CC(C)(SC(=O)OCOC(=O)c1ccccc1)[C@@H](N)C(=O)Oc1ccccc1. The van der Waals surface area contributed by atoms with Crippen molar-refractivity contribution in [2.24, 2.45) is 5.73 Å². The first-order valence-corrected chi connectivity index (χ1v) is 9.21. The Labute approximate surface area is 167 Å². The van der Waals surface area contributed by atoms with Gasteiger partial charge in [-0.3, -0.25) is 0 Å². The first kappa shape index (κ1) is 21.5. The summed E-state index contributed by atoms with van der Waals surface area (Å²) in [5, 5.41) is -0.728. The highest BCUT2D eigenvalue weighted by Crippen LogP contribution is 2.30. The Balaban J connectivity index is 1.80. The molecule has 0 fully saturated rings. The highest BCUT2D eigenvalue weighted by Gasteiger charge is 2.37. The predicted octanol–water partition coefficient (Wildman–Crippen LogP) is 3.38. The van der Waals surface area contributed by atoms with Crippen molar-refractivity contribution in [2.75, 3.05) is 6.79 Å². The van der Waals surface area contributed by atoms with E-state index in [0.29, 0.717) is 11.3 Å². The number of rotatable bonds is 7. The molecule has 148 valence electrons. The minimum absolute atomic E-state index is 0.345. The molecule has 0 unspecified atom stereocenters. The summed E-state index contributed by atoms with van der Waals surface area (Å²) < 4.78 is 14.0. The molecule has 0 bridgehead atoms. The summed E-state index contributed by atoms with van der Waals surface area (Å²) in [7, 11) is 0. The normalized spacial score (nSPS) is 12.0. The Morgan fingerprint density at radius 1 is 0.964 bits per heavy atom. The Kier molecular flexibility index (Phi) is 7.60. The highest BCUT2D eigenvalue weighted by atomic mass is 32.2. The molecule has 2 aromatic rings. The van der Waals surface area contributed by atoms with Gasteiger partial charge in [0, 0.05) is 4.75 Å². The zero-order valence-electron chi connectivity index (χ0n) is 15.5. The molecule has 28 heavy (non-hydrogen) atoms. The van der Waals surface area contributed by atoms with Gasteiger partial charge in [-0.2, -0.15) is 0 Å². The number of esters is 2. The van der Waals surface area contributed by atoms with Crippen molar-refractivity contribution < 1.29 is 28.6 Å². The van der Waals surface area contributed by atoms with Crippen molar-refractivity contribution in [2.45, 2.75) is 24.6 Å². The Bertz CT molecular complexity index is 810. The van der Waals surface area contributed by atoms with Gasteiger partial charge in [0.25, 0.3) is 0 Å². The van der Waals surface area contributed by atoms with Crippen LogP contribution < -0.4 is 10.5 Å².